The molecule has 1 atom stereocenters. The fourth-order valence-corrected chi connectivity index (χ4v) is 10.7. The lowest BCUT2D eigenvalue weighted by atomic mass is 10.0. The minimum absolute atomic E-state index is 0.0936. The van der Waals surface area contributed by atoms with Crippen molar-refractivity contribution in [2.24, 2.45) is 0 Å². The Balaban J connectivity index is 4.37. The van der Waals surface area contributed by atoms with E-state index in [2.05, 4.69) is 87.6 Å². The molecule has 82 heavy (non-hydrogen) atoms. The van der Waals surface area contributed by atoms with Gasteiger partial charge in [-0.05, 0) is 57.8 Å². The summed E-state index contributed by atoms with van der Waals surface area (Å²) in [6.07, 6.45) is 92.4. The minimum atomic E-state index is -0.805. The molecule has 1 unspecified atom stereocenters. The van der Waals surface area contributed by atoms with Crippen LogP contribution in [0.5, 0.6) is 0 Å². The highest BCUT2D eigenvalue weighted by atomic mass is 16.6. The first-order chi connectivity index (χ1) is 40.5. The van der Waals surface area contributed by atoms with Crippen molar-refractivity contribution in [1.29, 1.82) is 0 Å². The number of esters is 3. The molecule has 0 aromatic heterocycles. The lowest BCUT2D eigenvalue weighted by Gasteiger charge is -2.18. The largest absolute Gasteiger partial charge is 0.462 e. The minimum Gasteiger partial charge on any atom is -0.462 e. The third kappa shape index (κ3) is 67.6. The van der Waals surface area contributed by atoms with Gasteiger partial charge in [-0.3, -0.25) is 14.4 Å². The highest BCUT2D eigenvalue weighted by Gasteiger charge is 2.19. The van der Waals surface area contributed by atoms with Crippen molar-refractivity contribution in [3.8, 4) is 0 Å². The number of hydrogen-bond acceptors (Lipinski definition) is 6. The average molecular weight is 1150 g/mol. The molecule has 0 rings (SSSR count). The van der Waals surface area contributed by atoms with Crippen LogP contribution in [0.25, 0.3) is 0 Å². The summed E-state index contributed by atoms with van der Waals surface area (Å²) in [5.41, 5.74) is 0. The summed E-state index contributed by atoms with van der Waals surface area (Å²) in [6.45, 7) is 6.54. The normalized spacial score (nSPS) is 12.5. The molecule has 0 saturated heterocycles. The molecule has 0 N–H and O–H groups in total. The van der Waals surface area contributed by atoms with E-state index in [-0.39, 0.29) is 37.5 Å². The summed E-state index contributed by atoms with van der Waals surface area (Å²) < 4.78 is 16.9. The maximum atomic E-state index is 13.0. The Morgan fingerprint density at radius 2 is 0.476 bits per heavy atom. The van der Waals surface area contributed by atoms with Gasteiger partial charge >= 0.3 is 17.9 Å². The van der Waals surface area contributed by atoms with Gasteiger partial charge in [-0.15, -0.1) is 0 Å². The first-order valence-corrected chi connectivity index (χ1v) is 35.9. The van der Waals surface area contributed by atoms with Crippen LogP contribution in [0.4, 0.5) is 0 Å². The maximum absolute atomic E-state index is 13.0. The summed E-state index contributed by atoms with van der Waals surface area (Å²) in [5, 5.41) is 0. The summed E-state index contributed by atoms with van der Waals surface area (Å²) in [6, 6.07) is 0. The lowest BCUT2D eigenvalue weighted by molar-refractivity contribution is -0.166. The van der Waals surface area contributed by atoms with Crippen molar-refractivity contribution in [2.75, 3.05) is 13.2 Å². The van der Waals surface area contributed by atoms with Gasteiger partial charge in [-0.1, -0.05) is 370 Å². The Labute approximate surface area is 510 Å². The number of rotatable bonds is 66. The smallest absolute Gasteiger partial charge is 0.306 e. The van der Waals surface area contributed by atoms with Gasteiger partial charge in [-0.25, -0.2) is 0 Å². The number of carbonyl (C=O) groups excluding carboxylic acids is 3. The van der Waals surface area contributed by atoms with Crippen molar-refractivity contribution in [2.45, 2.75) is 380 Å². The van der Waals surface area contributed by atoms with E-state index in [0.29, 0.717) is 19.3 Å². The molecule has 0 heterocycles. The summed E-state index contributed by atoms with van der Waals surface area (Å²) in [4.78, 5) is 38.5. The van der Waals surface area contributed by atoms with Crippen LogP contribution in [0.15, 0.2) is 72.9 Å². The summed E-state index contributed by atoms with van der Waals surface area (Å²) >= 11 is 0. The Bertz CT molecular complexity index is 1500. The third-order valence-electron chi connectivity index (χ3n) is 16.0. The van der Waals surface area contributed by atoms with Gasteiger partial charge in [0.2, 0.25) is 0 Å². The highest BCUT2D eigenvalue weighted by molar-refractivity contribution is 5.71. The molecule has 0 spiro atoms. The van der Waals surface area contributed by atoms with E-state index in [1.165, 1.54) is 250 Å². The van der Waals surface area contributed by atoms with Crippen molar-refractivity contribution >= 4 is 17.9 Å². The van der Waals surface area contributed by atoms with E-state index >= 15 is 0 Å². The highest BCUT2D eigenvalue weighted by Crippen LogP contribution is 2.19. The quantitative estimate of drug-likeness (QED) is 0.0261. The first kappa shape index (κ1) is 78.8. The molecule has 0 amide bonds. The Kier molecular flexibility index (Phi) is 67.6. The average Bonchev–Trinajstić information content (AvgIpc) is 3.47. The van der Waals surface area contributed by atoms with Crippen LogP contribution in [-0.2, 0) is 28.6 Å². The molecule has 0 bridgehead atoms. The van der Waals surface area contributed by atoms with E-state index in [1.807, 2.05) is 6.08 Å². The molecule has 0 radical (unpaired) electrons. The van der Waals surface area contributed by atoms with Crippen LogP contribution in [0.2, 0.25) is 0 Å². The lowest BCUT2D eigenvalue weighted by Crippen LogP contribution is -2.30. The zero-order valence-corrected chi connectivity index (χ0v) is 54.8. The standard InChI is InChI=1S/C76H136O6/c1-4-7-10-13-16-19-22-25-28-31-34-36-37-38-39-40-43-45-48-51-54-57-60-63-66-69-75(78)81-72-73(71-80-74(77)68-65-62-59-56-53-50-47-44-41-33-30-27-24-21-18-15-12-9-6-3)82-76(79)70-67-64-61-58-55-52-49-46-42-35-32-29-26-23-20-17-14-11-8-5-2/h9,12,18,21,27,30,41,44,50,53,59,62,73H,4-8,10-11,13-17,19-20,22-26,28-29,31-40,42-43,45-49,51-52,54-58,60-61,63-72H2,1-3H3/b12-9-,21-18-,30-27-,44-41-,53-50-,62-59-. The third-order valence-corrected chi connectivity index (χ3v) is 16.0. The number of carbonyl (C=O) groups is 3. The monoisotopic (exact) mass is 1150 g/mol. The Morgan fingerprint density at radius 3 is 0.744 bits per heavy atom. The van der Waals surface area contributed by atoms with Crippen LogP contribution in [0, 0.1) is 0 Å². The fourth-order valence-electron chi connectivity index (χ4n) is 10.7. The molecule has 0 aliphatic rings. The van der Waals surface area contributed by atoms with Gasteiger partial charge in [0.1, 0.15) is 13.2 Å². The number of hydrogen-bond donors (Lipinski definition) is 0. The van der Waals surface area contributed by atoms with Gasteiger partial charge in [0.05, 0.1) is 0 Å². The molecule has 0 aromatic carbocycles. The van der Waals surface area contributed by atoms with Crippen LogP contribution in [0.3, 0.4) is 0 Å². The molecule has 0 aliphatic carbocycles. The molecule has 0 fully saturated rings. The number of unbranched alkanes of at least 4 members (excludes halogenated alkanes) is 43. The zero-order chi connectivity index (χ0) is 59.2. The Hall–Kier alpha value is -3.15. The molecule has 0 aliphatic heterocycles. The second-order valence-corrected chi connectivity index (χ2v) is 24.1. The second-order valence-electron chi connectivity index (χ2n) is 24.1. The molecule has 6 nitrogen and oxygen atoms in total. The second kappa shape index (κ2) is 70.3. The molecular formula is C76H136O6. The topological polar surface area (TPSA) is 78.9 Å². The van der Waals surface area contributed by atoms with Gasteiger partial charge in [-0.2, -0.15) is 0 Å². The molecule has 6 heteroatoms. The van der Waals surface area contributed by atoms with E-state index < -0.39 is 6.10 Å². The maximum Gasteiger partial charge on any atom is 0.306 e. The summed E-state index contributed by atoms with van der Waals surface area (Å²) in [5.74, 6) is -0.956. The predicted molar refractivity (Wildman–Crippen MR) is 358 cm³/mol. The van der Waals surface area contributed by atoms with E-state index in [1.54, 1.807) is 0 Å². The molecule has 476 valence electrons. The van der Waals surface area contributed by atoms with Crippen LogP contribution in [0.1, 0.15) is 374 Å². The van der Waals surface area contributed by atoms with Crippen LogP contribution in [-0.4, -0.2) is 37.2 Å². The number of allylic oxidation sites excluding steroid dienone is 12. The fraction of sp³-hybridized carbons (Fsp3) is 0.803. The van der Waals surface area contributed by atoms with Gasteiger partial charge in [0, 0.05) is 19.3 Å². The van der Waals surface area contributed by atoms with Gasteiger partial charge in [0.15, 0.2) is 6.10 Å². The van der Waals surface area contributed by atoms with Crippen molar-refractivity contribution < 1.29 is 28.6 Å². The van der Waals surface area contributed by atoms with Crippen molar-refractivity contribution in [3.05, 3.63) is 72.9 Å². The van der Waals surface area contributed by atoms with E-state index in [0.717, 1.165) is 77.0 Å². The molecule has 0 aromatic rings. The van der Waals surface area contributed by atoms with Gasteiger partial charge in [0.25, 0.3) is 0 Å². The number of ether oxygens (including phenoxy) is 3. The van der Waals surface area contributed by atoms with Crippen molar-refractivity contribution in [3.63, 3.8) is 0 Å². The van der Waals surface area contributed by atoms with Gasteiger partial charge < -0.3 is 14.2 Å². The van der Waals surface area contributed by atoms with Crippen LogP contribution >= 0.6 is 0 Å². The summed E-state index contributed by atoms with van der Waals surface area (Å²) in [7, 11) is 0. The molecular weight excluding hydrogens is 1010 g/mol. The zero-order valence-electron chi connectivity index (χ0n) is 54.8. The molecule has 0 saturated carbocycles. The predicted octanol–water partition coefficient (Wildman–Crippen LogP) is 24.8. The van der Waals surface area contributed by atoms with Crippen molar-refractivity contribution in [1.82, 2.24) is 0 Å². The van der Waals surface area contributed by atoms with Crippen LogP contribution < -0.4 is 0 Å². The van der Waals surface area contributed by atoms with E-state index in [4.69, 9.17) is 14.2 Å². The van der Waals surface area contributed by atoms with E-state index in [9.17, 15) is 14.4 Å². The first-order valence-electron chi connectivity index (χ1n) is 35.9. The Morgan fingerprint density at radius 1 is 0.256 bits per heavy atom. The SMILES string of the molecule is CC/C=C\C/C=C\C/C=C\C/C=C\C/C=C\C/C=C\CCC(=O)OCC(COC(=O)CCCCCCCCCCCCCCCCCCCCCCCCCCC)OC(=O)CCCCCCCCCCCCCCCCCCCCCC.